The molecule has 18 heteroatoms. The lowest BCUT2D eigenvalue weighted by Crippen LogP contribution is -2.65. The molecule has 368 valence electrons. The first-order valence-corrected chi connectivity index (χ1v) is 24.9. The van der Waals surface area contributed by atoms with E-state index in [1.165, 1.54) is 9.80 Å². The number of hydrogen-bond acceptors (Lipinski definition) is 8. The Balaban J connectivity index is 1.10. The van der Waals surface area contributed by atoms with Crippen LogP contribution in [0.2, 0.25) is 0 Å². The van der Waals surface area contributed by atoms with Crippen LogP contribution in [-0.2, 0) is 46.3 Å². The number of nitrogens with zero attached hydrogens (tertiary/aromatic N) is 3. The number of ether oxygens (including phenoxy) is 1. The van der Waals surface area contributed by atoms with Crippen LogP contribution in [0.1, 0.15) is 88.2 Å². The van der Waals surface area contributed by atoms with Gasteiger partial charge in [0.2, 0.25) is 35.4 Å². The highest BCUT2D eigenvalue weighted by Crippen LogP contribution is 2.41. The Morgan fingerprint density at radius 2 is 1.38 bits per heavy atom. The van der Waals surface area contributed by atoms with Gasteiger partial charge in [-0.25, -0.2) is 4.79 Å². The van der Waals surface area contributed by atoms with Gasteiger partial charge < -0.3 is 56.0 Å². The van der Waals surface area contributed by atoms with Gasteiger partial charge in [0.15, 0.2) is 0 Å². The summed E-state index contributed by atoms with van der Waals surface area (Å²) < 4.78 is 5.13. The molecule has 7 atom stereocenters. The van der Waals surface area contributed by atoms with Gasteiger partial charge in [-0.2, -0.15) is 0 Å². The molecule has 4 aromatic rings. The lowest BCUT2D eigenvalue weighted by molar-refractivity contribution is -0.150. The second kappa shape index (κ2) is 20.7. The summed E-state index contributed by atoms with van der Waals surface area (Å²) >= 11 is 0. The maximum absolute atomic E-state index is 15.2. The Morgan fingerprint density at radius 3 is 2.06 bits per heavy atom. The second-order valence-electron chi connectivity index (χ2n) is 19.8. The van der Waals surface area contributed by atoms with Crippen molar-refractivity contribution in [3.63, 3.8) is 0 Å². The predicted molar refractivity (Wildman–Crippen MR) is 257 cm³/mol. The van der Waals surface area contributed by atoms with E-state index in [4.69, 9.17) is 4.74 Å². The Labute approximate surface area is 401 Å². The number of likely N-dealkylation sites (N-methyl/N-ethyl adjacent to an activating group) is 1. The fraction of sp³-hybridized carbons (Fsp3) is 0.549. The zero-order chi connectivity index (χ0) is 48.2. The van der Waals surface area contributed by atoms with E-state index in [2.05, 4.69) is 36.6 Å². The molecule has 8 amide bonds. The molecular weight excluding hydrogens is 881 g/mol. The van der Waals surface area contributed by atoms with E-state index in [0.717, 1.165) is 52.2 Å². The number of hydrogen-bond donors (Lipinski definition) is 7. The summed E-state index contributed by atoms with van der Waals surface area (Å²) in [5.41, 5.74) is 1.83. The Hall–Kier alpha value is -6.43. The van der Waals surface area contributed by atoms with Crippen LogP contribution >= 0.6 is 0 Å². The van der Waals surface area contributed by atoms with Crippen LogP contribution in [0.3, 0.4) is 0 Å². The maximum atomic E-state index is 15.2. The monoisotopic (exact) mass is 947 g/mol. The normalized spacial score (nSPS) is 26.7. The van der Waals surface area contributed by atoms with E-state index in [1.807, 2.05) is 54.7 Å². The smallest absolute Gasteiger partial charge is 0.317 e. The fourth-order valence-corrected chi connectivity index (χ4v) is 11.7. The molecule has 5 aliphatic rings. The molecule has 1 spiro atoms. The molecule has 5 heterocycles. The molecule has 69 heavy (non-hydrogen) atoms. The first kappa shape index (κ1) is 47.6. The van der Waals surface area contributed by atoms with Crippen molar-refractivity contribution in [1.82, 2.24) is 51.3 Å². The molecule has 2 aliphatic carbocycles. The van der Waals surface area contributed by atoms with E-state index >= 15 is 14.4 Å². The van der Waals surface area contributed by atoms with Gasteiger partial charge in [0.25, 0.3) is 0 Å². The molecule has 3 saturated heterocycles. The van der Waals surface area contributed by atoms with Gasteiger partial charge in [0.05, 0.1) is 6.61 Å². The van der Waals surface area contributed by atoms with E-state index in [9.17, 15) is 19.2 Å². The first-order valence-electron chi connectivity index (χ1n) is 24.9. The van der Waals surface area contributed by atoms with Gasteiger partial charge in [0, 0.05) is 86.9 Å². The molecule has 18 nitrogen and oxygen atoms in total. The standard InChI is InChI=1S/C51H66N10O8/c1-59(24-25-69-2)50(68)52-22-19-38-47(65)60-23-11-18-42(60)48(66)61-41-17-8-3-12-31(41)28-43(61)46(64)56-40(27-33-30-54-37-16-7-5-14-35(33)37)45(63)58-51(20-9-10-21-51)49(67)57-39(44(62)55-38)26-32-29-53-36-15-6-4-13-34(32)36/h4-7,13-16,29-31,38-43,53-54H,3,8-12,17-28H2,1-2H3,(H,52,68)(H,55,62)(H,56,64)(H,57,67)(H,58,63). The van der Waals surface area contributed by atoms with Crippen molar-refractivity contribution in [3.05, 3.63) is 72.1 Å². The number of nitrogens with one attached hydrogen (secondary N) is 7. The van der Waals surface area contributed by atoms with E-state index in [1.54, 1.807) is 25.3 Å². The average Bonchev–Trinajstić information content (AvgIpc) is 4.23. The van der Waals surface area contributed by atoms with Gasteiger partial charge in [-0.1, -0.05) is 62.1 Å². The molecule has 7 unspecified atom stereocenters. The van der Waals surface area contributed by atoms with Crippen LogP contribution in [0.15, 0.2) is 60.9 Å². The van der Waals surface area contributed by atoms with E-state index in [0.29, 0.717) is 64.5 Å². The number of aromatic nitrogens is 2. The van der Waals surface area contributed by atoms with Crippen LogP contribution in [-0.4, -0.2) is 148 Å². The van der Waals surface area contributed by atoms with Crippen molar-refractivity contribution in [2.75, 3.05) is 40.4 Å². The highest BCUT2D eigenvalue weighted by atomic mass is 16.5. The third-order valence-corrected chi connectivity index (χ3v) is 15.5. The predicted octanol–water partition coefficient (Wildman–Crippen LogP) is 3.16. The lowest BCUT2D eigenvalue weighted by atomic mass is 9.84. The maximum Gasteiger partial charge on any atom is 0.317 e. The lowest BCUT2D eigenvalue weighted by Gasteiger charge is -2.38. The molecule has 0 radical (unpaired) electrons. The van der Waals surface area contributed by atoms with E-state index in [-0.39, 0.29) is 50.2 Å². The van der Waals surface area contributed by atoms with Gasteiger partial charge in [-0.3, -0.25) is 28.8 Å². The van der Waals surface area contributed by atoms with Crippen LogP contribution in [0.25, 0.3) is 21.8 Å². The number of rotatable bonds is 10. The van der Waals surface area contributed by atoms with Gasteiger partial charge in [0.1, 0.15) is 35.7 Å². The number of fused-ring (bicyclic) bond motifs is 6. The second-order valence-corrected chi connectivity index (χ2v) is 19.8. The Bertz CT molecular complexity index is 2570. The number of para-hydroxylation sites is 2. The minimum atomic E-state index is -1.42. The SMILES string of the molecule is COCCN(C)C(=O)NCCC1NC(=O)C(Cc2c[nH]c3ccccc23)NC(=O)C2(CCCC2)NC(=O)C(Cc2c[nH]c3ccccc23)NC(=O)C2CC3CCCCC3N2C(=O)C2CCCN2C1=O. The minimum absolute atomic E-state index is 0.00571. The Morgan fingerprint density at radius 1 is 0.739 bits per heavy atom. The van der Waals surface area contributed by atoms with Crippen molar-refractivity contribution in [2.45, 2.75) is 132 Å². The highest BCUT2D eigenvalue weighted by molar-refractivity contribution is 6.00. The molecule has 5 fully saturated rings. The summed E-state index contributed by atoms with van der Waals surface area (Å²) in [6.45, 7) is 0.911. The van der Waals surface area contributed by atoms with Crippen LogP contribution in [0.4, 0.5) is 4.79 Å². The number of carbonyl (C=O) groups is 7. The number of carbonyl (C=O) groups excluding carboxylic acids is 7. The number of benzene rings is 2. The largest absolute Gasteiger partial charge is 0.383 e. The summed E-state index contributed by atoms with van der Waals surface area (Å²) in [5, 5.41) is 16.8. The van der Waals surface area contributed by atoms with Crippen LogP contribution < -0.4 is 26.6 Å². The molecule has 2 saturated carbocycles. The zero-order valence-corrected chi connectivity index (χ0v) is 39.7. The van der Waals surface area contributed by atoms with Crippen molar-refractivity contribution in [2.24, 2.45) is 5.92 Å². The number of methoxy groups -OCH3 is 1. The minimum Gasteiger partial charge on any atom is -0.383 e. The summed E-state index contributed by atoms with van der Waals surface area (Å²) in [7, 11) is 3.17. The van der Waals surface area contributed by atoms with Gasteiger partial charge >= 0.3 is 6.03 Å². The van der Waals surface area contributed by atoms with Crippen LogP contribution in [0.5, 0.6) is 0 Å². The van der Waals surface area contributed by atoms with Crippen molar-refractivity contribution < 1.29 is 38.3 Å². The number of H-pyrrole nitrogens is 2. The van der Waals surface area contributed by atoms with Gasteiger partial charge in [-0.15, -0.1) is 0 Å². The molecular formula is C51H66N10O8. The quantitative estimate of drug-likeness (QED) is 0.125. The highest BCUT2D eigenvalue weighted by Gasteiger charge is 2.52. The van der Waals surface area contributed by atoms with Crippen LogP contribution in [0, 0.1) is 5.92 Å². The summed E-state index contributed by atoms with van der Waals surface area (Å²) in [4.78, 5) is 115. The summed E-state index contributed by atoms with van der Waals surface area (Å²) in [6, 6.07) is 9.37. The molecule has 9 rings (SSSR count). The van der Waals surface area contributed by atoms with Crippen molar-refractivity contribution in [1.29, 1.82) is 0 Å². The summed E-state index contributed by atoms with van der Waals surface area (Å²) in [6.07, 6.45) is 10.3. The van der Waals surface area contributed by atoms with E-state index < -0.39 is 71.3 Å². The Kier molecular flexibility index (Phi) is 14.3. The topological polar surface area (TPSA) is 230 Å². The number of aromatic amines is 2. The summed E-state index contributed by atoms with van der Waals surface area (Å²) in [5.74, 6) is -2.91. The number of amides is 8. The zero-order valence-electron chi connectivity index (χ0n) is 39.7. The fourth-order valence-electron chi connectivity index (χ4n) is 11.7. The molecule has 2 aromatic heterocycles. The average molecular weight is 947 g/mol. The third-order valence-electron chi connectivity index (χ3n) is 15.5. The van der Waals surface area contributed by atoms with Crippen molar-refractivity contribution >= 4 is 63.3 Å². The number of urea groups is 1. The third kappa shape index (κ3) is 9.90. The first-order chi connectivity index (χ1) is 33.4. The molecule has 3 aliphatic heterocycles. The molecule has 2 aromatic carbocycles. The molecule has 0 bridgehead atoms. The van der Waals surface area contributed by atoms with Crippen molar-refractivity contribution in [3.8, 4) is 0 Å². The molecule has 7 N–H and O–H groups in total. The van der Waals surface area contributed by atoms with Gasteiger partial charge in [-0.05, 0) is 80.5 Å².